The molecule has 0 saturated heterocycles. The zero-order valence-electron chi connectivity index (χ0n) is 10.9. The van der Waals surface area contributed by atoms with Crippen LogP contribution in [-0.4, -0.2) is 11.5 Å². The first-order chi connectivity index (χ1) is 8.61. The van der Waals surface area contributed by atoms with E-state index in [1.54, 1.807) is 12.3 Å². The number of hydrogen-bond donors (Lipinski definition) is 1. The van der Waals surface area contributed by atoms with Gasteiger partial charge in [-0.3, -0.25) is 4.98 Å². The van der Waals surface area contributed by atoms with E-state index >= 15 is 0 Å². The number of halogens is 1. The highest BCUT2D eigenvalue weighted by molar-refractivity contribution is 5.68. The average Bonchev–Trinajstić information content (AvgIpc) is 2.28. The maximum atomic E-state index is 14.1. The quantitative estimate of drug-likeness (QED) is 0.884. The molecular weight excluding hydrogens is 227 g/mol. The van der Waals surface area contributed by atoms with Gasteiger partial charge in [0.25, 0.3) is 0 Å². The van der Waals surface area contributed by atoms with Gasteiger partial charge in [0, 0.05) is 24.0 Å². The Balaban J connectivity index is 2.51. The second kappa shape index (κ2) is 5.17. The van der Waals surface area contributed by atoms with Gasteiger partial charge in [-0.1, -0.05) is 6.07 Å². The number of hydrogen-bond acceptors (Lipinski definition) is 2. The predicted molar refractivity (Wildman–Crippen MR) is 73.3 cm³/mol. The van der Waals surface area contributed by atoms with Crippen molar-refractivity contribution in [2.24, 2.45) is 0 Å². The number of benzene rings is 1. The smallest absolute Gasteiger partial charge is 0.133 e. The molecule has 0 unspecified atom stereocenters. The van der Waals surface area contributed by atoms with Crippen LogP contribution in [0.1, 0.15) is 18.1 Å². The molecule has 0 aliphatic heterocycles. The maximum absolute atomic E-state index is 14.1. The van der Waals surface area contributed by atoms with Gasteiger partial charge in [0.1, 0.15) is 5.82 Å². The number of nitrogens with one attached hydrogen (secondary N) is 1. The van der Waals surface area contributed by atoms with Crippen LogP contribution in [0.3, 0.4) is 0 Å². The van der Waals surface area contributed by atoms with Crippen molar-refractivity contribution in [3.8, 4) is 11.3 Å². The average molecular weight is 244 g/mol. The van der Waals surface area contributed by atoms with Crippen molar-refractivity contribution in [3.63, 3.8) is 0 Å². The molecule has 0 saturated carbocycles. The highest BCUT2D eigenvalue weighted by atomic mass is 19.1. The van der Waals surface area contributed by atoms with Crippen molar-refractivity contribution in [3.05, 3.63) is 47.4 Å². The van der Waals surface area contributed by atoms with Gasteiger partial charge >= 0.3 is 0 Å². The minimum atomic E-state index is -0.214. The van der Waals surface area contributed by atoms with E-state index in [2.05, 4.69) is 10.3 Å². The molecule has 0 aliphatic carbocycles. The van der Waals surface area contributed by atoms with Crippen molar-refractivity contribution in [2.75, 3.05) is 11.9 Å². The van der Waals surface area contributed by atoms with E-state index in [1.807, 2.05) is 39.0 Å². The molecule has 0 amide bonds. The zero-order chi connectivity index (χ0) is 13.1. The van der Waals surface area contributed by atoms with Crippen LogP contribution in [0.4, 0.5) is 10.1 Å². The third kappa shape index (κ3) is 2.50. The Morgan fingerprint density at radius 2 is 2.00 bits per heavy atom. The van der Waals surface area contributed by atoms with Crippen LogP contribution in [0.2, 0.25) is 0 Å². The summed E-state index contributed by atoms with van der Waals surface area (Å²) in [5.74, 6) is -0.214. The fraction of sp³-hybridized carbons (Fsp3) is 0.267. The fourth-order valence-electron chi connectivity index (χ4n) is 2.12. The van der Waals surface area contributed by atoms with Crippen molar-refractivity contribution < 1.29 is 4.39 Å². The summed E-state index contributed by atoms with van der Waals surface area (Å²) in [7, 11) is 0. The lowest BCUT2D eigenvalue weighted by Gasteiger charge is -2.10. The number of aryl methyl sites for hydroxylation is 2. The van der Waals surface area contributed by atoms with Gasteiger partial charge in [0.05, 0.1) is 5.69 Å². The van der Waals surface area contributed by atoms with Gasteiger partial charge in [-0.05, 0) is 50.1 Å². The van der Waals surface area contributed by atoms with E-state index in [0.717, 1.165) is 23.4 Å². The van der Waals surface area contributed by atoms with Crippen LogP contribution in [-0.2, 0) is 0 Å². The van der Waals surface area contributed by atoms with Gasteiger partial charge in [-0.2, -0.15) is 0 Å². The molecular formula is C15H17FN2. The molecule has 94 valence electrons. The molecule has 1 aromatic carbocycles. The van der Waals surface area contributed by atoms with E-state index in [9.17, 15) is 4.39 Å². The third-order valence-corrected chi connectivity index (χ3v) is 2.83. The maximum Gasteiger partial charge on any atom is 0.133 e. The summed E-state index contributed by atoms with van der Waals surface area (Å²) in [6, 6.07) is 7.28. The van der Waals surface area contributed by atoms with Crippen molar-refractivity contribution in [2.45, 2.75) is 20.8 Å². The van der Waals surface area contributed by atoms with Gasteiger partial charge in [0.2, 0.25) is 0 Å². The number of pyridine rings is 1. The van der Waals surface area contributed by atoms with Crippen LogP contribution in [0, 0.1) is 19.7 Å². The molecule has 2 rings (SSSR count). The Morgan fingerprint density at radius 3 is 2.67 bits per heavy atom. The fourth-order valence-corrected chi connectivity index (χ4v) is 2.12. The molecule has 2 nitrogen and oxygen atoms in total. The summed E-state index contributed by atoms with van der Waals surface area (Å²) in [6.07, 6.45) is 1.70. The van der Waals surface area contributed by atoms with Crippen LogP contribution in [0.25, 0.3) is 11.3 Å². The largest absolute Gasteiger partial charge is 0.385 e. The molecule has 0 aliphatic rings. The number of anilines is 1. The molecule has 0 spiro atoms. The van der Waals surface area contributed by atoms with Gasteiger partial charge in [-0.15, -0.1) is 0 Å². The first-order valence-electron chi connectivity index (χ1n) is 6.09. The van der Waals surface area contributed by atoms with Crippen LogP contribution < -0.4 is 5.32 Å². The monoisotopic (exact) mass is 244 g/mol. The summed E-state index contributed by atoms with van der Waals surface area (Å²) in [5, 5.41) is 3.21. The second-order valence-electron chi connectivity index (χ2n) is 4.40. The van der Waals surface area contributed by atoms with Gasteiger partial charge in [-0.25, -0.2) is 4.39 Å². The molecule has 0 atom stereocenters. The SMILES string of the molecule is CCNc1ccnc(-c2c(C)cc(C)cc2F)c1. The lowest BCUT2D eigenvalue weighted by molar-refractivity contribution is 0.628. The van der Waals surface area contributed by atoms with Gasteiger partial charge < -0.3 is 5.32 Å². The summed E-state index contributed by atoms with van der Waals surface area (Å²) in [4.78, 5) is 4.26. The van der Waals surface area contributed by atoms with Crippen molar-refractivity contribution >= 4 is 5.69 Å². The molecule has 1 aromatic heterocycles. The summed E-state index contributed by atoms with van der Waals surface area (Å²) in [6.45, 7) is 6.66. The zero-order valence-corrected chi connectivity index (χ0v) is 10.9. The second-order valence-corrected chi connectivity index (χ2v) is 4.40. The summed E-state index contributed by atoms with van der Waals surface area (Å²) < 4.78 is 14.1. The number of nitrogens with zero attached hydrogens (tertiary/aromatic N) is 1. The molecule has 1 N–H and O–H groups in total. The van der Waals surface area contributed by atoms with E-state index in [0.29, 0.717) is 11.3 Å². The highest BCUT2D eigenvalue weighted by Gasteiger charge is 2.11. The molecule has 1 heterocycles. The van der Waals surface area contributed by atoms with Crippen molar-refractivity contribution in [1.29, 1.82) is 0 Å². The standard InChI is InChI=1S/C15H17FN2/c1-4-17-12-5-6-18-14(9-12)15-11(3)7-10(2)8-13(15)16/h5-9H,4H2,1-3H3,(H,17,18). The minimum absolute atomic E-state index is 0.214. The number of aromatic nitrogens is 1. The normalized spacial score (nSPS) is 10.4. The lowest BCUT2D eigenvalue weighted by Crippen LogP contribution is -1.98. The minimum Gasteiger partial charge on any atom is -0.385 e. The molecule has 18 heavy (non-hydrogen) atoms. The Labute approximate surface area is 107 Å². The Bertz CT molecular complexity index is 541. The molecule has 0 bridgehead atoms. The third-order valence-electron chi connectivity index (χ3n) is 2.83. The van der Waals surface area contributed by atoms with Crippen molar-refractivity contribution in [1.82, 2.24) is 4.98 Å². The van der Waals surface area contributed by atoms with E-state index in [1.165, 1.54) is 0 Å². The van der Waals surface area contributed by atoms with E-state index in [4.69, 9.17) is 0 Å². The predicted octanol–water partition coefficient (Wildman–Crippen LogP) is 3.94. The lowest BCUT2D eigenvalue weighted by atomic mass is 10.0. The highest BCUT2D eigenvalue weighted by Crippen LogP contribution is 2.27. The first-order valence-corrected chi connectivity index (χ1v) is 6.09. The molecule has 0 fully saturated rings. The molecule has 0 radical (unpaired) electrons. The van der Waals surface area contributed by atoms with Crippen LogP contribution >= 0.6 is 0 Å². The van der Waals surface area contributed by atoms with Crippen LogP contribution in [0.5, 0.6) is 0 Å². The van der Waals surface area contributed by atoms with E-state index < -0.39 is 0 Å². The number of rotatable bonds is 3. The van der Waals surface area contributed by atoms with Crippen LogP contribution in [0.15, 0.2) is 30.5 Å². The Kier molecular flexibility index (Phi) is 3.60. The summed E-state index contributed by atoms with van der Waals surface area (Å²) >= 11 is 0. The Hall–Kier alpha value is -1.90. The molecule has 2 aromatic rings. The topological polar surface area (TPSA) is 24.9 Å². The first kappa shape index (κ1) is 12.6. The van der Waals surface area contributed by atoms with E-state index in [-0.39, 0.29) is 5.82 Å². The van der Waals surface area contributed by atoms with Gasteiger partial charge in [0.15, 0.2) is 0 Å². The Morgan fingerprint density at radius 1 is 1.22 bits per heavy atom. The summed E-state index contributed by atoms with van der Waals surface area (Å²) in [5.41, 5.74) is 4.05. The molecule has 3 heteroatoms.